The van der Waals surface area contributed by atoms with Crippen LogP contribution in [0.3, 0.4) is 0 Å². The van der Waals surface area contributed by atoms with E-state index in [1.165, 1.54) is 0 Å². The molecule has 0 saturated carbocycles. The van der Waals surface area contributed by atoms with Crippen molar-refractivity contribution < 1.29 is 9.47 Å². The summed E-state index contributed by atoms with van der Waals surface area (Å²) >= 11 is 4.16. The summed E-state index contributed by atoms with van der Waals surface area (Å²) in [5, 5.41) is 0. The topological polar surface area (TPSA) is 31.4 Å². The maximum Gasteiger partial charge on any atom is 0.220 e. The lowest BCUT2D eigenvalue weighted by Crippen LogP contribution is -1.96. The van der Waals surface area contributed by atoms with Crippen LogP contribution in [0.5, 0.6) is 11.6 Å². The van der Waals surface area contributed by atoms with Crippen LogP contribution >= 0.6 is 12.6 Å². The van der Waals surface area contributed by atoms with E-state index in [2.05, 4.69) is 17.6 Å². The van der Waals surface area contributed by atoms with Gasteiger partial charge in [-0.1, -0.05) is 0 Å². The van der Waals surface area contributed by atoms with Crippen molar-refractivity contribution in [3.63, 3.8) is 0 Å². The second-order valence-corrected chi connectivity index (χ2v) is 2.48. The summed E-state index contributed by atoms with van der Waals surface area (Å²) in [6.45, 7) is 0. The average Bonchev–Trinajstić information content (AvgIpc) is 2.16. The van der Waals surface area contributed by atoms with Crippen LogP contribution in [0.25, 0.3) is 0 Å². The van der Waals surface area contributed by atoms with Gasteiger partial charge in [0, 0.05) is 11.9 Å². The lowest BCUT2D eigenvalue weighted by Gasteiger charge is -2.08. The number of rotatable bonds is 3. The SMILES string of the molecule is COc1ccnc(OC)c1CS. The minimum absolute atomic E-state index is 0.556. The Morgan fingerprint density at radius 1 is 1.42 bits per heavy atom. The second-order valence-electron chi connectivity index (χ2n) is 2.16. The van der Waals surface area contributed by atoms with Crippen LogP contribution in [-0.2, 0) is 5.75 Å². The molecule has 0 saturated heterocycles. The van der Waals surface area contributed by atoms with E-state index in [9.17, 15) is 0 Å². The lowest BCUT2D eigenvalue weighted by molar-refractivity contribution is 0.376. The summed E-state index contributed by atoms with van der Waals surface area (Å²) in [6.07, 6.45) is 1.64. The Kier molecular flexibility index (Phi) is 3.22. The van der Waals surface area contributed by atoms with E-state index in [-0.39, 0.29) is 0 Å². The average molecular weight is 185 g/mol. The molecule has 0 bridgehead atoms. The number of hydrogen-bond acceptors (Lipinski definition) is 4. The van der Waals surface area contributed by atoms with Gasteiger partial charge >= 0.3 is 0 Å². The molecule has 0 aliphatic heterocycles. The fraction of sp³-hybridized carbons (Fsp3) is 0.375. The summed E-state index contributed by atoms with van der Waals surface area (Å²) in [4.78, 5) is 4.03. The molecule has 0 aliphatic carbocycles. The highest BCUT2D eigenvalue weighted by Gasteiger charge is 2.08. The zero-order valence-electron chi connectivity index (χ0n) is 7.07. The molecule has 1 heterocycles. The maximum absolute atomic E-state index is 5.11. The largest absolute Gasteiger partial charge is 0.496 e. The Labute approximate surface area is 77.1 Å². The van der Waals surface area contributed by atoms with Crippen LogP contribution in [0, 0.1) is 0 Å². The third kappa shape index (κ3) is 1.64. The number of ether oxygens (including phenoxy) is 2. The van der Waals surface area contributed by atoms with Crippen LogP contribution < -0.4 is 9.47 Å². The summed E-state index contributed by atoms with van der Waals surface area (Å²) < 4.78 is 10.1. The monoisotopic (exact) mass is 185 g/mol. The number of hydrogen-bond donors (Lipinski definition) is 1. The normalized spacial score (nSPS) is 9.58. The Hall–Kier alpha value is -0.900. The molecule has 0 atom stereocenters. The Morgan fingerprint density at radius 3 is 2.67 bits per heavy atom. The molecular formula is C8H11NO2S. The van der Waals surface area contributed by atoms with Gasteiger partial charge in [0.05, 0.1) is 19.8 Å². The van der Waals surface area contributed by atoms with Crippen molar-refractivity contribution in [1.29, 1.82) is 0 Å². The van der Waals surface area contributed by atoms with Crippen molar-refractivity contribution in [2.75, 3.05) is 14.2 Å². The standard InChI is InChI=1S/C8H11NO2S/c1-10-7-3-4-9-8(11-2)6(7)5-12/h3-4,12H,5H2,1-2H3. The zero-order chi connectivity index (χ0) is 8.97. The van der Waals surface area contributed by atoms with Crippen molar-refractivity contribution >= 4 is 12.6 Å². The predicted octanol–water partition coefficient (Wildman–Crippen LogP) is 1.53. The zero-order valence-corrected chi connectivity index (χ0v) is 7.97. The van der Waals surface area contributed by atoms with Gasteiger partial charge in [-0.15, -0.1) is 0 Å². The van der Waals surface area contributed by atoms with Crippen LogP contribution in [0.4, 0.5) is 0 Å². The number of thiol groups is 1. The summed E-state index contributed by atoms with van der Waals surface area (Å²) in [5.41, 5.74) is 0.880. The minimum atomic E-state index is 0.556. The highest BCUT2D eigenvalue weighted by Crippen LogP contribution is 2.26. The molecule has 66 valence electrons. The third-order valence-electron chi connectivity index (χ3n) is 1.54. The van der Waals surface area contributed by atoms with Gasteiger partial charge in [0.2, 0.25) is 5.88 Å². The van der Waals surface area contributed by atoms with Crippen molar-refractivity contribution in [3.8, 4) is 11.6 Å². The molecule has 3 nitrogen and oxygen atoms in total. The van der Waals surface area contributed by atoms with E-state index < -0.39 is 0 Å². The van der Waals surface area contributed by atoms with Crippen molar-refractivity contribution in [2.24, 2.45) is 0 Å². The van der Waals surface area contributed by atoms with E-state index in [1.807, 2.05) is 0 Å². The first-order valence-corrected chi connectivity index (χ1v) is 4.13. The van der Waals surface area contributed by atoms with Gasteiger partial charge in [-0.2, -0.15) is 12.6 Å². The highest BCUT2D eigenvalue weighted by atomic mass is 32.1. The fourth-order valence-electron chi connectivity index (χ4n) is 0.969. The molecule has 0 amide bonds. The van der Waals surface area contributed by atoms with E-state index in [0.717, 1.165) is 11.3 Å². The molecule has 4 heteroatoms. The molecule has 0 N–H and O–H groups in total. The maximum atomic E-state index is 5.11. The minimum Gasteiger partial charge on any atom is -0.496 e. The molecule has 0 aliphatic rings. The van der Waals surface area contributed by atoms with Crippen LogP contribution in [0.2, 0.25) is 0 Å². The quantitative estimate of drug-likeness (QED) is 0.724. The molecule has 12 heavy (non-hydrogen) atoms. The number of pyridine rings is 1. The number of methoxy groups -OCH3 is 2. The van der Waals surface area contributed by atoms with Gasteiger partial charge < -0.3 is 9.47 Å². The van der Waals surface area contributed by atoms with Gasteiger partial charge in [0.15, 0.2) is 0 Å². The first-order valence-electron chi connectivity index (χ1n) is 3.50. The van der Waals surface area contributed by atoms with Gasteiger partial charge in [-0.3, -0.25) is 0 Å². The summed E-state index contributed by atoms with van der Waals surface area (Å²) in [5.74, 6) is 1.89. The first-order chi connectivity index (χ1) is 5.83. The fourth-order valence-corrected chi connectivity index (χ4v) is 1.26. The van der Waals surface area contributed by atoms with Crippen molar-refractivity contribution in [2.45, 2.75) is 5.75 Å². The van der Waals surface area contributed by atoms with Gasteiger partial charge in [-0.05, 0) is 6.07 Å². The van der Waals surface area contributed by atoms with Crippen molar-refractivity contribution in [1.82, 2.24) is 4.98 Å². The van der Waals surface area contributed by atoms with Crippen LogP contribution in [-0.4, -0.2) is 19.2 Å². The Bertz CT molecular complexity index is 243. The van der Waals surface area contributed by atoms with E-state index in [1.54, 1.807) is 26.5 Å². The highest BCUT2D eigenvalue weighted by molar-refractivity contribution is 7.79. The van der Waals surface area contributed by atoms with Gasteiger partial charge in [-0.25, -0.2) is 4.98 Å². The number of aromatic nitrogens is 1. The Balaban J connectivity index is 3.13. The van der Waals surface area contributed by atoms with E-state index >= 15 is 0 Å². The number of nitrogens with zero attached hydrogens (tertiary/aromatic N) is 1. The lowest BCUT2D eigenvalue weighted by atomic mass is 10.3. The Morgan fingerprint density at radius 2 is 2.17 bits per heavy atom. The van der Waals surface area contributed by atoms with Crippen LogP contribution in [0.1, 0.15) is 5.56 Å². The molecule has 0 spiro atoms. The molecule has 0 radical (unpaired) electrons. The molecule has 1 aromatic rings. The first kappa shape index (κ1) is 9.19. The van der Waals surface area contributed by atoms with E-state index in [4.69, 9.17) is 9.47 Å². The molecule has 1 aromatic heterocycles. The molecule has 0 fully saturated rings. The van der Waals surface area contributed by atoms with Crippen LogP contribution in [0.15, 0.2) is 12.3 Å². The molecule has 1 rings (SSSR count). The molecular weight excluding hydrogens is 174 g/mol. The van der Waals surface area contributed by atoms with Crippen molar-refractivity contribution in [3.05, 3.63) is 17.8 Å². The second kappa shape index (κ2) is 4.21. The summed E-state index contributed by atoms with van der Waals surface area (Å²) in [7, 11) is 3.19. The van der Waals surface area contributed by atoms with E-state index in [0.29, 0.717) is 11.6 Å². The third-order valence-corrected chi connectivity index (χ3v) is 1.86. The smallest absolute Gasteiger partial charge is 0.220 e. The predicted molar refractivity (Wildman–Crippen MR) is 50.0 cm³/mol. The summed E-state index contributed by atoms with van der Waals surface area (Å²) in [6, 6.07) is 1.79. The van der Waals surface area contributed by atoms with Gasteiger partial charge in [0.1, 0.15) is 5.75 Å². The molecule has 0 unspecified atom stereocenters. The molecule has 0 aromatic carbocycles. The van der Waals surface area contributed by atoms with Gasteiger partial charge in [0.25, 0.3) is 0 Å².